The topological polar surface area (TPSA) is 12.0 Å². The second-order valence-electron chi connectivity index (χ2n) is 7.07. The van der Waals surface area contributed by atoms with Gasteiger partial charge in [-0.3, -0.25) is 0 Å². The molecule has 3 heteroatoms. The molecule has 1 N–H and O–H groups in total. The highest BCUT2D eigenvalue weighted by molar-refractivity contribution is 5.18. The van der Waals surface area contributed by atoms with Crippen LogP contribution in [0.3, 0.4) is 0 Å². The first-order valence-electron chi connectivity index (χ1n) is 7.86. The molecule has 0 aromatic heterocycles. The Balaban J connectivity index is 1.44. The third-order valence-corrected chi connectivity index (χ3v) is 5.77. The van der Waals surface area contributed by atoms with Crippen LogP contribution in [0.1, 0.15) is 37.7 Å². The zero-order chi connectivity index (χ0) is 13.7. The molecule has 0 saturated heterocycles. The number of hydrogen-bond acceptors (Lipinski definition) is 1. The lowest BCUT2D eigenvalue weighted by Crippen LogP contribution is -2.54. The summed E-state index contributed by atoms with van der Waals surface area (Å²) in [6, 6.07) is 4.44. The van der Waals surface area contributed by atoms with Crippen LogP contribution in [0.15, 0.2) is 18.2 Å². The van der Waals surface area contributed by atoms with E-state index in [4.69, 9.17) is 0 Å². The SMILES string of the molecule is Fc1ccc(CNC2C3CC4CC(C3)CC2C4)c(F)c1. The highest BCUT2D eigenvalue weighted by Gasteiger charge is 2.47. The van der Waals surface area contributed by atoms with Crippen molar-refractivity contribution in [2.75, 3.05) is 0 Å². The van der Waals surface area contributed by atoms with Crippen molar-refractivity contribution in [1.82, 2.24) is 5.32 Å². The van der Waals surface area contributed by atoms with Crippen LogP contribution >= 0.6 is 0 Å². The second-order valence-corrected chi connectivity index (χ2v) is 7.07. The van der Waals surface area contributed by atoms with Crippen LogP contribution in [0.4, 0.5) is 8.78 Å². The first kappa shape index (κ1) is 12.8. The van der Waals surface area contributed by atoms with Crippen LogP contribution in [0.25, 0.3) is 0 Å². The van der Waals surface area contributed by atoms with E-state index in [1.807, 2.05) is 0 Å². The van der Waals surface area contributed by atoms with Gasteiger partial charge in [0, 0.05) is 24.2 Å². The van der Waals surface area contributed by atoms with E-state index in [9.17, 15) is 8.78 Å². The molecule has 4 aliphatic rings. The van der Waals surface area contributed by atoms with Gasteiger partial charge >= 0.3 is 0 Å². The molecule has 0 heterocycles. The first-order chi connectivity index (χ1) is 9.69. The minimum Gasteiger partial charge on any atom is -0.309 e. The molecule has 5 rings (SSSR count). The number of halogens is 2. The van der Waals surface area contributed by atoms with Gasteiger partial charge in [-0.05, 0) is 61.8 Å². The fourth-order valence-corrected chi connectivity index (χ4v) is 5.15. The zero-order valence-electron chi connectivity index (χ0n) is 11.6. The van der Waals surface area contributed by atoms with E-state index in [0.29, 0.717) is 18.2 Å². The molecule has 0 amide bonds. The molecule has 0 atom stereocenters. The van der Waals surface area contributed by atoms with Crippen molar-refractivity contribution in [3.63, 3.8) is 0 Å². The lowest BCUT2D eigenvalue weighted by molar-refractivity contribution is -0.0143. The molecule has 20 heavy (non-hydrogen) atoms. The predicted molar refractivity (Wildman–Crippen MR) is 74.0 cm³/mol. The standard InChI is InChI=1S/C17H21F2N/c18-15-2-1-12(16(19)8-15)9-20-17-13-4-10-3-11(6-13)7-14(17)5-10/h1-2,8,10-11,13-14,17,20H,3-7,9H2. The Morgan fingerprint density at radius 3 is 2.20 bits per heavy atom. The quantitative estimate of drug-likeness (QED) is 0.884. The van der Waals surface area contributed by atoms with Crippen LogP contribution in [0.5, 0.6) is 0 Å². The van der Waals surface area contributed by atoms with Crippen molar-refractivity contribution in [3.8, 4) is 0 Å². The molecule has 0 unspecified atom stereocenters. The molecule has 108 valence electrons. The molecule has 4 fully saturated rings. The van der Waals surface area contributed by atoms with E-state index in [-0.39, 0.29) is 0 Å². The summed E-state index contributed by atoms with van der Waals surface area (Å²) in [6.45, 7) is 0.527. The van der Waals surface area contributed by atoms with Crippen LogP contribution in [-0.2, 0) is 6.54 Å². The molecule has 0 radical (unpaired) electrons. The fourth-order valence-electron chi connectivity index (χ4n) is 5.15. The fraction of sp³-hybridized carbons (Fsp3) is 0.647. The summed E-state index contributed by atoms with van der Waals surface area (Å²) in [6.07, 6.45) is 6.88. The summed E-state index contributed by atoms with van der Waals surface area (Å²) in [5, 5.41) is 3.58. The maximum absolute atomic E-state index is 13.7. The van der Waals surface area contributed by atoms with Crippen molar-refractivity contribution >= 4 is 0 Å². The van der Waals surface area contributed by atoms with E-state index >= 15 is 0 Å². The molecule has 4 bridgehead atoms. The van der Waals surface area contributed by atoms with E-state index in [0.717, 1.165) is 29.7 Å². The number of nitrogens with one attached hydrogen (secondary N) is 1. The summed E-state index contributed by atoms with van der Waals surface area (Å²) >= 11 is 0. The molecule has 1 nitrogen and oxygen atoms in total. The lowest BCUT2D eigenvalue weighted by Gasteiger charge is -2.54. The summed E-state index contributed by atoms with van der Waals surface area (Å²) in [4.78, 5) is 0. The van der Waals surface area contributed by atoms with E-state index < -0.39 is 11.6 Å². The third-order valence-electron chi connectivity index (χ3n) is 5.77. The number of rotatable bonds is 3. The Morgan fingerprint density at radius 2 is 1.60 bits per heavy atom. The van der Waals surface area contributed by atoms with Gasteiger partial charge in [-0.15, -0.1) is 0 Å². The van der Waals surface area contributed by atoms with Crippen molar-refractivity contribution in [2.24, 2.45) is 23.7 Å². The average Bonchev–Trinajstić information content (AvgIpc) is 2.39. The third kappa shape index (κ3) is 2.16. The monoisotopic (exact) mass is 277 g/mol. The maximum atomic E-state index is 13.7. The maximum Gasteiger partial charge on any atom is 0.130 e. The van der Waals surface area contributed by atoms with Gasteiger partial charge in [0.1, 0.15) is 11.6 Å². The Morgan fingerprint density at radius 1 is 0.950 bits per heavy atom. The summed E-state index contributed by atoms with van der Waals surface area (Å²) < 4.78 is 26.6. The molecule has 0 spiro atoms. The Kier molecular flexibility index (Phi) is 3.06. The molecule has 4 saturated carbocycles. The van der Waals surface area contributed by atoms with E-state index in [2.05, 4.69) is 5.32 Å². The van der Waals surface area contributed by atoms with Gasteiger partial charge in [0.05, 0.1) is 0 Å². The Bertz CT molecular complexity index is 486. The van der Waals surface area contributed by atoms with Gasteiger partial charge in [-0.1, -0.05) is 6.07 Å². The van der Waals surface area contributed by atoms with Gasteiger partial charge < -0.3 is 5.32 Å². The molecule has 1 aromatic carbocycles. The van der Waals surface area contributed by atoms with Gasteiger partial charge in [-0.25, -0.2) is 8.78 Å². The van der Waals surface area contributed by atoms with Crippen molar-refractivity contribution in [2.45, 2.75) is 44.7 Å². The summed E-state index contributed by atoms with van der Waals surface area (Å²) in [5.74, 6) is 2.56. The summed E-state index contributed by atoms with van der Waals surface area (Å²) in [7, 11) is 0. The van der Waals surface area contributed by atoms with Gasteiger partial charge in [0.2, 0.25) is 0 Å². The average molecular weight is 277 g/mol. The van der Waals surface area contributed by atoms with E-state index in [1.54, 1.807) is 6.07 Å². The minimum atomic E-state index is -0.499. The highest BCUT2D eigenvalue weighted by atomic mass is 19.1. The zero-order valence-corrected chi connectivity index (χ0v) is 11.6. The second kappa shape index (κ2) is 4.80. The smallest absolute Gasteiger partial charge is 0.130 e. The first-order valence-corrected chi connectivity index (χ1v) is 7.86. The molecule has 1 aromatic rings. The predicted octanol–water partition coefficient (Wildman–Crippen LogP) is 3.88. The molecule has 4 aliphatic carbocycles. The number of hydrogen-bond donors (Lipinski definition) is 1. The van der Waals surface area contributed by atoms with Crippen LogP contribution in [0, 0.1) is 35.3 Å². The van der Waals surface area contributed by atoms with Gasteiger partial charge in [-0.2, -0.15) is 0 Å². The van der Waals surface area contributed by atoms with Gasteiger partial charge in [0.25, 0.3) is 0 Å². The van der Waals surface area contributed by atoms with E-state index in [1.165, 1.54) is 38.2 Å². The van der Waals surface area contributed by atoms with Crippen LogP contribution in [0.2, 0.25) is 0 Å². The van der Waals surface area contributed by atoms with Crippen LogP contribution < -0.4 is 5.32 Å². The largest absolute Gasteiger partial charge is 0.309 e. The van der Waals surface area contributed by atoms with Crippen LogP contribution in [-0.4, -0.2) is 6.04 Å². The van der Waals surface area contributed by atoms with Crippen molar-refractivity contribution < 1.29 is 8.78 Å². The number of benzene rings is 1. The Hall–Kier alpha value is -0.960. The Labute approximate surface area is 118 Å². The summed E-state index contributed by atoms with van der Waals surface area (Å²) in [5.41, 5.74) is 0.584. The van der Waals surface area contributed by atoms with Crippen molar-refractivity contribution in [3.05, 3.63) is 35.4 Å². The lowest BCUT2D eigenvalue weighted by atomic mass is 9.54. The highest BCUT2D eigenvalue weighted by Crippen LogP contribution is 2.53. The molecule has 0 aliphatic heterocycles. The molecular weight excluding hydrogens is 256 g/mol. The van der Waals surface area contributed by atoms with Gasteiger partial charge in [0.15, 0.2) is 0 Å². The molecular formula is C17H21F2N. The minimum absolute atomic E-state index is 0.429. The normalized spacial score (nSPS) is 38.4. The van der Waals surface area contributed by atoms with Crippen molar-refractivity contribution in [1.29, 1.82) is 0 Å².